The van der Waals surface area contributed by atoms with Gasteiger partial charge in [0.15, 0.2) is 5.78 Å². The molecule has 1 heterocycles. The maximum absolute atomic E-state index is 12.2. The van der Waals surface area contributed by atoms with Gasteiger partial charge in [-0.25, -0.2) is 0 Å². The number of hydrogen-bond donors (Lipinski definition) is 0. The number of ether oxygens (including phenoxy) is 1. The third-order valence-corrected chi connectivity index (χ3v) is 10.6. The molecule has 144 valence electrons. The molecular formula is C24H30O3. The fourth-order valence-corrected chi connectivity index (χ4v) is 9.48. The number of ketones is 1. The van der Waals surface area contributed by atoms with E-state index in [0.29, 0.717) is 29.5 Å². The molecule has 7 aliphatic rings. The van der Waals surface area contributed by atoms with Crippen LogP contribution in [0.3, 0.4) is 0 Å². The first-order chi connectivity index (χ1) is 13.0. The fraction of sp³-hybridized carbons (Fsp3) is 0.833. The molecular weight excluding hydrogens is 336 g/mol. The summed E-state index contributed by atoms with van der Waals surface area (Å²) < 4.78 is 6.21. The van der Waals surface area contributed by atoms with Crippen molar-refractivity contribution in [1.82, 2.24) is 0 Å². The fourth-order valence-electron chi connectivity index (χ4n) is 9.48. The molecule has 6 fully saturated rings. The van der Waals surface area contributed by atoms with Crippen LogP contribution in [0.1, 0.15) is 71.1 Å². The van der Waals surface area contributed by atoms with Crippen molar-refractivity contribution in [1.29, 1.82) is 0 Å². The molecule has 27 heavy (non-hydrogen) atoms. The lowest BCUT2D eigenvalue weighted by Crippen LogP contribution is -2.56. The van der Waals surface area contributed by atoms with Gasteiger partial charge < -0.3 is 4.74 Å². The van der Waals surface area contributed by atoms with E-state index in [1.807, 2.05) is 0 Å². The maximum atomic E-state index is 12.2. The second kappa shape index (κ2) is 4.54. The van der Waals surface area contributed by atoms with Gasteiger partial charge in [0.1, 0.15) is 5.60 Å². The molecule has 0 N–H and O–H groups in total. The Hall–Kier alpha value is -1.12. The molecule has 5 unspecified atom stereocenters. The van der Waals surface area contributed by atoms with E-state index in [1.54, 1.807) is 5.57 Å². The quantitative estimate of drug-likeness (QED) is 0.595. The SMILES string of the molecule is CC12CCC3C4CCC(=O)C=C4C4(CC4)CC3C1[C@H]1C[C@H]1[C@@]21CCC(=O)O1. The molecule has 3 heteroatoms. The summed E-state index contributed by atoms with van der Waals surface area (Å²) in [5.74, 6) is 4.90. The molecule has 1 saturated heterocycles. The van der Waals surface area contributed by atoms with E-state index < -0.39 is 0 Å². The van der Waals surface area contributed by atoms with Crippen molar-refractivity contribution in [2.45, 2.75) is 76.7 Å². The van der Waals surface area contributed by atoms with Crippen LogP contribution in [0.4, 0.5) is 0 Å². The molecule has 2 spiro atoms. The average molecular weight is 367 g/mol. The van der Waals surface area contributed by atoms with E-state index >= 15 is 0 Å². The number of esters is 1. The Bertz CT molecular complexity index is 806. The molecule has 8 atom stereocenters. The van der Waals surface area contributed by atoms with Crippen LogP contribution in [-0.2, 0) is 14.3 Å². The Kier molecular flexibility index (Phi) is 2.65. The summed E-state index contributed by atoms with van der Waals surface area (Å²) in [6.07, 6.45) is 13.3. The Labute approximate surface area is 161 Å². The molecule has 0 aromatic heterocycles. The van der Waals surface area contributed by atoms with Crippen molar-refractivity contribution in [3.63, 3.8) is 0 Å². The number of rotatable bonds is 0. The van der Waals surface area contributed by atoms with Crippen LogP contribution >= 0.6 is 0 Å². The van der Waals surface area contributed by atoms with Gasteiger partial charge in [0.2, 0.25) is 0 Å². The summed E-state index contributed by atoms with van der Waals surface area (Å²) in [4.78, 5) is 24.3. The topological polar surface area (TPSA) is 43.4 Å². The minimum Gasteiger partial charge on any atom is -0.458 e. The predicted octanol–water partition coefficient (Wildman–Crippen LogP) is 4.45. The Morgan fingerprint density at radius 3 is 2.59 bits per heavy atom. The van der Waals surface area contributed by atoms with Crippen molar-refractivity contribution in [3.05, 3.63) is 11.6 Å². The van der Waals surface area contributed by atoms with E-state index in [4.69, 9.17) is 4.74 Å². The third kappa shape index (κ3) is 1.69. The summed E-state index contributed by atoms with van der Waals surface area (Å²) in [7, 11) is 0. The molecule has 0 bridgehead atoms. The molecule has 0 aromatic carbocycles. The highest BCUT2D eigenvalue weighted by atomic mass is 16.6. The highest BCUT2D eigenvalue weighted by Gasteiger charge is 2.79. The first-order valence-corrected chi connectivity index (χ1v) is 11.4. The van der Waals surface area contributed by atoms with Crippen molar-refractivity contribution < 1.29 is 14.3 Å². The summed E-state index contributed by atoms with van der Waals surface area (Å²) >= 11 is 0. The number of carbonyl (C=O) groups is 2. The van der Waals surface area contributed by atoms with E-state index in [9.17, 15) is 9.59 Å². The van der Waals surface area contributed by atoms with Gasteiger partial charge in [-0.1, -0.05) is 12.5 Å². The number of carbonyl (C=O) groups excluding carboxylic acids is 2. The van der Waals surface area contributed by atoms with Crippen LogP contribution in [-0.4, -0.2) is 17.4 Å². The molecule has 1 aliphatic heterocycles. The monoisotopic (exact) mass is 366 g/mol. The van der Waals surface area contributed by atoms with Crippen molar-refractivity contribution in [3.8, 4) is 0 Å². The van der Waals surface area contributed by atoms with Gasteiger partial charge >= 0.3 is 5.97 Å². The van der Waals surface area contributed by atoms with Crippen LogP contribution in [0.5, 0.6) is 0 Å². The second-order valence-corrected chi connectivity index (χ2v) is 11.4. The van der Waals surface area contributed by atoms with Crippen LogP contribution in [0, 0.1) is 46.3 Å². The number of fused-ring (bicyclic) bond motifs is 10. The first kappa shape index (κ1) is 15.8. The second-order valence-electron chi connectivity index (χ2n) is 11.4. The van der Waals surface area contributed by atoms with Crippen molar-refractivity contribution in [2.24, 2.45) is 46.3 Å². The zero-order valence-electron chi connectivity index (χ0n) is 16.3. The minimum absolute atomic E-state index is 0.0583. The minimum atomic E-state index is -0.125. The largest absolute Gasteiger partial charge is 0.458 e. The van der Waals surface area contributed by atoms with Crippen molar-refractivity contribution in [2.75, 3.05) is 0 Å². The summed E-state index contributed by atoms with van der Waals surface area (Å²) in [5.41, 5.74) is 2.03. The van der Waals surface area contributed by atoms with Gasteiger partial charge in [-0.05, 0) is 92.4 Å². The highest BCUT2D eigenvalue weighted by molar-refractivity contribution is 5.91. The zero-order valence-corrected chi connectivity index (χ0v) is 16.3. The normalized spacial score (nSPS) is 56.1. The van der Waals surface area contributed by atoms with Gasteiger partial charge in [-0.15, -0.1) is 0 Å². The Balaban J connectivity index is 1.31. The van der Waals surface area contributed by atoms with Gasteiger partial charge in [-0.3, -0.25) is 9.59 Å². The lowest BCUT2D eigenvalue weighted by Gasteiger charge is -2.58. The van der Waals surface area contributed by atoms with Crippen LogP contribution < -0.4 is 0 Å². The lowest BCUT2D eigenvalue weighted by atomic mass is 9.47. The van der Waals surface area contributed by atoms with Crippen LogP contribution in [0.25, 0.3) is 0 Å². The summed E-state index contributed by atoms with van der Waals surface area (Å²) in [6.45, 7) is 2.49. The van der Waals surface area contributed by atoms with E-state index in [1.165, 1.54) is 38.5 Å². The Morgan fingerprint density at radius 1 is 1.00 bits per heavy atom. The molecule has 6 aliphatic carbocycles. The van der Waals surface area contributed by atoms with Crippen molar-refractivity contribution >= 4 is 11.8 Å². The first-order valence-electron chi connectivity index (χ1n) is 11.4. The zero-order chi connectivity index (χ0) is 18.2. The van der Waals surface area contributed by atoms with E-state index in [0.717, 1.165) is 42.9 Å². The number of hydrogen-bond acceptors (Lipinski definition) is 3. The molecule has 7 rings (SSSR count). The molecule has 3 nitrogen and oxygen atoms in total. The van der Waals surface area contributed by atoms with Gasteiger partial charge in [0.25, 0.3) is 0 Å². The predicted molar refractivity (Wildman–Crippen MR) is 99.6 cm³/mol. The van der Waals surface area contributed by atoms with Gasteiger partial charge in [0.05, 0.1) is 0 Å². The summed E-state index contributed by atoms with van der Waals surface area (Å²) in [5, 5.41) is 0. The molecule has 0 amide bonds. The van der Waals surface area contributed by atoms with E-state index in [-0.39, 0.29) is 17.0 Å². The molecule has 0 aromatic rings. The highest BCUT2D eigenvalue weighted by Crippen LogP contribution is 2.80. The smallest absolute Gasteiger partial charge is 0.306 e. The summed E-state index contributed by atoms with van der Waals surface area (Å²) in [6, 6.07) is 0. The average Bonchev–Trinajstić information content (AvgIpc) is 3.54. The van der Waals surface area contributed by atoms with Gasteiger partial charge in [-0.2, -0.15) is 0 Å². The van der Waals surface area contributed by atoms with E-state index in [2.05, 4.69) is 13.0 Å². The number of allylic oxidation sites excluding steroid dienone is 1. The van der Waals surface area contributed by atoms with Crippen LogP contribution in [0.15, 0.2) is 11.6 Å². The lowest BCUT2D eigenvalue weighted by molar-refractivity contribution is -0.175. The Morgan fingerprint density at radius 2 is 1.85 bits per heavy atom. The van der Waals surface area contributed by atoms with Crippen LogP contribution in [0.2, 0.25) is 0 Å². The molecule has 5 saturated carbocycles. The standard InChI is InChI=1S/C24H30O3/c1-22-6-4-14-15-3-2-13(25)10-18(15)23(8-9-23)12-17(14)21(22)16-11-19(16)24(22)7-5-20(26)27-24/h10,14-17,19,21H,2-9,11-12H2,1H3/t14?,15?,16-,17?,19+,21?,22?,24-/m0/s1. The maximum Gasteiger partial charge on any atom is 0.306 e. The van der Waals surface area contributed by atoms with Gasteiger partial charge in [0, 0.05) is 24.2 Å². The third-order valence-electron chi connectivity index (χ3n) is 10.6. The molecule has 0 radical (unpaired) electrons.